The van der Waals surface area contributed by atoms with E-state index in [-0.39, 0.29) is 5.54 Å². The van der Waals surface area contributed by atoms with Crippen LogP contribution in [-0.4, -0.2) is 56.1 Å². The fraction of sp³-hybridized carbons (Fsp3) is 1.00. The van der Waals surface area contributed by atoms with Crippen molar-refractivity contribution in [2.45, 2.75) is 24.9 Å². The van der Waals surface area contributed by atoms with E-state index >= 15 is 0 Å². The molecule has 2 aliphatic rings. The summed E-state index contributed by atoms with van der Waals surface area (Å²) in [6.07, 6.45) is 0.745. The molecule has 0 aromatic heterocycles. The summed E-state index contributed by atoms with van der Waals surface area (Å²) in [6.45, 7) is 3.96. The van der Waals surface area contributed by atoms with Crippen molar-refractivity contribution in [2.24, 2.45) is 0 Å². The van der Waals surface area contributed by atoms with Gasteiger partial charge in [-0.15, -0.1) is 0 Å². The molecule has 2 fully saturated rings. The predicted octanol–water partition coefficient (Wildman–Crippen LogP) is -0.142. The molecule has 0 aromatic rings. The minimum absolute atomic E-state index is 0.206. The zero-order valence-electron chi connectivity index (χ0n) is 9.66. The maximum Gasteiger partial charge on any atom is 0.152 e. The first-order valence-corrected chi connectivity index (χ1v) is 8.73. The third-order valence-electron chi connectivity index (χ3n) is 3.28. The third-order valence-corrected chi connectivity index (χ3v) is 6.31. The van der Waals surface area contributed by atoms with Crippen LogP contribution in [0.5, 0.6) is 0 Å². The van der Waals surface area contributed by atoms with Crippen molar-refractivity contribution in [1.82, 2.24) is 10.6 Å². The number of nitrogens with one attached hydrogen (secondary N) is 2. The molecule has 0 amide bonds. The molecule has 16 heavy (non-hydrogen) atoms. The highest BCUT2D eigenvalue weighted by molar-refractivity contribution is 7.99. The Morgan fingerprint density at radius 3 is 2.94 bits per heavy atom. The van der Waals surface area contributed by atoms with Gasteiger partial charge in [-0.3, -0.25) is 0 Å². The van der Waals surface area contributed by atoms with Crippen molar-refractivity contribution in [3.63, 3.8) is 0 Å². The quantitative estimate of drug-likeness (QED) is 0.743. The molecule has 2 saturated heterocycles. The molecule has 0 radical (unpaired) electrons. The van der Waals surface area contributed by atoms with Gasteiger partial charge in [0.25, 0.3) is 0 Å². The molecule has 2 atom stereocenters. The average molecular weight is 264 g/mol. The molecule has 2 N–H and O–H groups in total. The predicted molar refractivity (Wildman–Crippen MR) is 68.8 cm³/mol. The van der Waals surface area contributed by atoms with Gasteiger partial charge in [0.1, 0.15) is 0 Å². The molecule has 2 aliphatic heterocycles. The smallest absolute Gasteiger partial charge is 0.152 e. The van der Waals surface area contributed by atoms with Crippen LogP contribution < -0.4 is 10.6 Å². The second-order valence-electron chi connectivity index (χ2n) is 5.01. The van der Waals surface area contributed by atoms with Gasteiger partial charge in [-0.05, 0) is 13.3 Å². The van der Waals surface area contributed by atoms with Crippen LogP contribution >= 0.6 is 11.8 Å². The van der Waals surface area contributed by atoms with Crippen molar-refractivity contribution in [3.8, 4) is 0 Å². The Kier molecular flexibility index (Phi) is 3.83. The Morgan fingerprint density at radius 2 is 2.38 bits per heavy atom. The fourth-order valence-corrected chi connectivity index (χ4v) is 5.34. The van der Waals surface area contributed by atoms with Crippen LogP contribution in [0.1, 0.15) is 13.3 Å². The van der Waals surface area contributed by atoms with Crippen LogP contribution in [0.15, 0.2) is 0 Å². The lowest BCUT2D eigenvalue weighted by molar-refractivity contribution is 0.370. The van der Waals surface area contributed by atoms with Crippen molar-refractivity contribution in [1.29, 1.82) is 0 Å². The average Bonchev–Trinajstić information content (AvgIpc) is 2.53. The van der Waals surface area contributed by atoms with Crippen molar-refractivity contribution in [3.05, 3.63) is 0 Å². The summed E-state index contributed by atoms with van der Waals surface area (Å²) in [5.74, 6) is 2.93. The summed E-state index contributed by atoms with van der Waals surface area (Å²) in [5, 5.41) is 6.88. The summed E-state index contributed by atoms with van der Waals surface area (Å²) in [4.78, 5) is 0. The highest BCUT2D eigenvalue weighted by Gasteiger charge is 2.38. The van der Waals surface area contributed by atoms with E-state index in [1.165, 1.54) is 5.75 Å². The highest BCUT2D eigenvalue weighted by atomic mass is 32.2. The number of hydrogen-bond acceptors (Lipinski definition) is 5. The molecule has 2 rings (SSSR count). The third kappa shape index (κ3) is 3.35. The van der Waals surface area contributed by atoms with Crippen molar-refractivity contribution < 1.29 is 8.42 Å². The summed E-state index contributed by atoms with van der Waals surface area (Å²) < 4.78 is 22.9. The van der Waals surface area contributed by atoms with Gasteiger partial charge in [0, 0.05) is 36.2 Å². The first-order valence-electron chi connectivity index (χ1n) is 5.76. The molecular formula is C10H20N2O2S2. The zero-order valence-corrected chi connectivity index (χ0v) is 11.3. The topological polar surface area (TPSA) is 58.2 Å². The Labute approximate surface area is 102 Å². The second-order valence-corrected chi connectivity index (χ2v) is 8.34. The standard InChI is InChI=1S/C10H20N2O2S2/c1-10(2-5-16(13,14)8-10)12-6-9-7-15-4-3-11-9/h9,11-12H,2-8H2,1H3. The van der Waals surface area contributed by atoms with E-state index < -0.39 is 9.84 Å². The SMILES string of the molecule is CC1(NCC2CSCCN2)CCS(=O)(=O)C1. The first-order chi connectivity index (χ1) is 7.49. The molecule has 4 nitrogen and oxygen atoms in total. The van der Waals surface area contributed by atoms with Crippen LogP contribution in [0.25, 0.3) is 0 Å². The van der Waals surface area contributed by atoms with E-state index in [2.05, 4.69) is 10.6 Å². The van der Waals surface area contributed by atoms with E-state index in [1.54, 1.807) is 0 Å². The fourth-order valence-electron chi connectivity index (χ4n) is 2.27. The lowest BCUT2D eigenvalue weighted by Crippen LogP contribution is -2.52. The van der Waals surface area contributed by atoms with E-state index in [0.717, 1.165) is 25.3 Å². The van der Waals surface area contributed by atoms with Crippen molar-refractivity contribution >= 4 is 21.6 Å². The maximum atomic E-state index is 11.4. The minimum atomic E-state index is -2.79. The normalized spacial score (nSPS) is 38.7. The van der Waals surface area contributed by atoms with Gasteiger partial charge >= 0.3 is 0 Å². The summed E-state index contributed by atoms with van der Waals surface area (Å²) in [6, 6.07) is 0.485. The van der Waals surface area contributed by atoms with E-state index in [0.29, 0.717) is 17.5 Å². The lowest BCUT2D eigenvalue weighted by Gasteiger charge is -2.29. The van der Waals surface area contributed by atoms with Crippen LogP contribution in [0.2, 0.25) is 0 Å². The van der Waals surface area contributed by atoms with Gasteiger partial charge in [0.2, 0.25) is 0 Å². The minimum Gasteiger partial charge on any atom is -0.311 e. The van der Waals surface area contributed by atoms with Gasteiger partial charge in [-0.2, -0.15) is 11.8 Å². The summed E-state index contributed by atoms with van der Waals surface area (Å²) in [7, 11) is -2.79. The van der Waals surface area contributed by atoms with Crippen LogP contribution in [0.4, 0.5) is 0 Å². The molecule has 0 aromatic carbocycles. The van der Waals surface area contributed by atoms with Crippen LogP contribution in [-0.2, 0) is 9.84 Å². The summed E-state index contributed by atoms with van der Waals surface area (Å²) >= 11 is 1.96. The maximum absolute atomic E-state index is 11.4. The van der Waals surface area contributed by atoms with Gasteiger partial charge in [-0.25, -0.2) is 8.42 Å². The molecule has 0 bridgehead atoms. The first kappa shape index (κ1) is 12.7. The second kappa shape index (κ2) is 4.84. The zero-order chi connectivity index (χ0) is 11.6. The van der Waals surface area contributed by atoms with E-state index in [9.17, 15) is 8.42 Å². The van der Waals surface area contributed by atoms with Gasteiger partial charge in [0.15, 0.2) is 9.84 Å². The number of thioether (sulfide) groups is 1. The number of rotatable bonds is 3. The molecule has 0 aliphatic carbocycles. The van der Waals surface area contributed by atoms with E-state index in [1.807, 2.05) is 18.7 Å². The Morgan fingerprint density at radius 1 is 1.56 bits per heavy atom. The molecule has 0 saturated carbocycles. The molecule has 2 heterocycles. The Bertz CT molecular complexity index is 339. The number of sulfone groups is 1. The molecule has 6 heteroatoms. The van der Waals surface area contributed by atoms with Crippen molar-refractivity contribution in [2.75, 3.05) is 36.1 Å². The summed E-state index contributed by atoms with van der Waals surface area (Å²) in [5.41, 5.74) is -0.206. The Balaban J connectivity index is 1.81. The van der Waals surface area contributed by atoms with E-state index in [4.69, 9.17) is 0 Å². The van der Waals surface area contributed by atoms with Crippen LogP contribution in [0, 0.1) is 0 Å². The molecular weight excluding hydrogens is 244 g/mol. The highest BCUT2D eigenvalue weighted by Crippen LogP contribution is 2.22. The monoisotopic (exact) mass is 264 g/mol. The molecule has 94 valence electrons. The lowest BCUT2D eigenvalue weighted by atomic mass is 10.0. The largest absolute Gasteiger partial charge is 0.311 e. The van der Waals surface area contributed by atoms with Gasteiger partial charge in [0.05, 0.1) is 11.5 Å². The van der Waals surface area contributed by atoms with Gasteiger partial charge < -0.3 is 10.6 Å². The molecule has 0 spiro atoms. The Hall–Kier alpha value is 0.220. The van der Waals surface area contributed by atoms with Crippen LogP contribution in [0.3, 0.4) is 0 Å². The number of hydrogen-bond donors (Lipinski definition) is 2. The molecule has 2 unspecified atom stereocenters. The van der Waals surface area contributed by atoms with Gasteiger partial charge in [-0.1, -0.05) is 0 Å².